The van der Waals surface area contributed by atoms with Crippen molar-refractivity contribution in [1.82, 2.24) is 5.32 Å². The second-order valence-electron chi connectivity index (χ2n) is 5.23. The molecular formula is C14H26BrNO2. The van der Waals surface area contributed by atoms with E-state index < -0.39 is 0 Å². The number of carbonyl (C=O) groups is 2. The summed E-state index contributed by atoms with van der Waals surface area (Å²) in [5.74, 6) is 1.43. The normalized spacial score (nSPS) is 12.5. The molecule has 0 fully saturated rings. The fourth-order valence-electron chi connectivity index (χ4n) is 1.98. The minimum atomic E-state index is 0.119. The van der Waals surface area contributed by atoms with Gasteiger partial charge in [0.1, 0.15) is 5.78 Å². The molecule has 0 unspecified atom stereocenters. The van der Waals surface area contributed by atoms with Crippen LogP contribution in [0.15, 0.2) is 0 Å². The molecule has 0 aromatic heterocycles. The Morgan fingerprint density at radius 3 is 2.44 bits per heavy atom. The summed E-state index contributed by atoms with van der Waals surface area (Å²) in [7, 11) is 0. The van der Waals surface area contributed by atoms with Crippen LogP contribution in [0.3, 0.4) is 0 Å². The summed E-state index contributed by atoms with van der Waals surface area (Å²) in [6.45, 7) is 7.11. The molecule has 4 heteroatoms. The van der Waals surface area contributed by atoms with Gasteiger partial charge in [-0.05, 0) is 24.7 Å². The van der Waals surface area contributed by atoms with Crippen LogP contribution in [-0.4, -0.2) is 23.6 Å². The van der Waals surface area contributed by atoms with Crippen molar-refractivity contribution in [3.8, 4) is 0 Å². The number of amides is 1. The van der Waals surface area contributed by atoms with E-state index in [4.69, 9.17) is 0 Å². The average molecular weight is 320 g/mol. The van der Waals surface area contributed by atoms with Gasteiger partial charge in [-0.15, -0.1) is 0 Å². The number of rotatable bonds is 10. The summed E-state index contributed by atoms with van der Waals surface area (Å²) < 4.78 is 0. The van der Waals surface area contributed by atoms with Crippen molar-refractivity contribution in [2.45, 2.75) is 52.9 Å². The Bertz CT molecular complexity index is 254. The van der Waals surface area contributed by atoms with Crippen molar-refractivity contribution in [2.75, 3.05) is 11.9 Å². The molecule has 0 saturated carbocycles. The van der Waals surface area contributed by atoms with Crippen LogP contribution in [-0.2, 0) is 9.59 Å². The molecule has 0 radical (unpaired) electrons. The van der Waals surface area contributed by atoms with Crippen molar-refractivity contribution in [1.29, 1.82) is 0 Å². The standard InChI is InChI=1S/C14H26BrNO2/c1-4-12(8-11(2)3)9-14(18)16-7-5-6-13(17)10-15/h11-12H,4-10H2,1-3H3,(H,16,18)/t12-/m0/s1. The minimum absolute atomic E-state index is 0.119. The minimum Gasteiger partial charge on any atom is -0.356 e. The Kier molecular flexibility index (Phi) is 10.3. The van der Waals surface area contributed by atoms with E-state index in [1.165, 1.54) is 0 Å². The molecule has 3 nitrogen and oxygen atoms in total. The smallest absolute Gasteiger partial charge is 0.220 e. The molecule has 0 aromatic rings. The van der Waals surface area contributed by atoms with Crippen LogP contribution in [0, 0.1) is 11.8 Å². The van der Waals surface area contributed by atoms with Gasteiger partial charge < -0.3 is 5.32 Å². The summed E-state index contributed by atoms with van der Waals surface area (Å²) in [5, 5.41) is 3.30. The summed E-state index contributed by atoms with van der Waals surface area (Å²) >= 11 is 3.12. The maximum Gasteiger partial charge on any atom is 0.220 e. The first-order valence-electron chi connectivity index (χ1n) is 6.83. The number of nitrogens with one attached hydrogen (secondary N) is 1. The number of hydrogen-bond donors (Lipinski definition) is 1. The van der Waals surface area contributed by atoms with Gasteiger partial charge in [0.15, 0.2) is 0 Å². The monoisotopic (exact) mass is 319 g/mol. The van der Waals surface area contributed by atoms with Gasteiger partial charge in [0, 0.05) is 19.4 Å². The Balaban J connectivity index is 3.72. The van der Waals surface area contributed by atoms with Crippen molar-refractivity contribution < 1.29 is 9.59 Å². The molecule has 0 rings (SSSR count). The lowest BCUT2D eigenvalue weighted by Gasteiger charge is -2.16. The number of Topliss-reactive ketones (excluding diaryl/α,β-unsaturated/α-hetero) is 1. The van der Waals surface area contributed by atoms with E-state index in [0.29, 0.717) is 36.6 Å². The van der Waals surface area contributed by atoms with E-state index in [1.807, 2.05) is 0 Å². The Labute approximate surface area is 119 Å². The SMILES string of the molecule is CC[C@H](CC(=O)NCCCC(=O)CBr)CC(C)C. The third-order valence-electron chi connectivity index (χ3n) is 2.96. The second kappa shape index (κ2) is 10.5. The first-order valence-corrected chi connectivity index (χ1v) is 7.96. The van der Waals surface area contributed by atoms with Gasteiger partial charge >= 0.3 is 0 Å². The maximum atomic E-state index is 11.7. The van der Waals surface area contributed by atoms with Crippen LogP contribution in [0.25, 0.3) is 0 Å². The number of hydrogen-bond acceptors (Lipinski definition) is 2. The molecule has 0 heterocycles. The topological polar surface area (TPSA) is 46.2 Å². The van der Waals surface area contributed by atoms with Gasteiger partial charge in [0.2, 0.25) is 5.91 Å². The highest BCUT2D eigenvalue weighted by molar-refractivity contribution is 9.09. The molecular weight excluding hydrogens is 294 g/mol. The largest absolute Gasteiger partial charge is 0.356 e. The van der Waals surface area contributed by atoms with E-state index in [9.17, 15) is 9.59 Å². The van der Waals surface area contributed by atoms with Crippen molar-refractivity contribution >= 4 is 27.6 Å². The number of alkyl halides is 1. The lowest BCUT2D eigenvalue weighted by atomic mass is 9.92. The lowest BCUT2D eigenvalue weighted by Crippen LogP contribution is -2.27. The molecule has 0 aliphatic heterocycles. The maximum absolute atomic E-state index is 11.7. The molecule has 0 aromatic carbocycles. The fourth-order valence-corrected chi connectivity index (χ4v) is 2.26. The van der Waals surface area contributed by atoms with Gasteiger partial charge in [-0.1, -0.05) is 43.1 Å². The fraction of sp³-hybridized carbons (Fsp3) is 0.857. The van der Waals surface area contributed by atoms with Crippen LogP contribution >= 0.6 is 15.9 Å². The third-order valence-corrected chi connectivity index (χ3v) is 3.59. The zero-order chi connectivity index (χ0) is 14.0. The second-order valence-corrected chi connectivity index (χ2v) is 5.79. The van der Waals surface area contributed by atoms with Crippen molar-refractivity contribution in [3.63, 3.8) is 0 Å². The first-order chi connectivity index (χ1) is 8.49. The molecule has 0 aliphatic carbocycles. The molecule has 0 saturated heterocycles. The van der Waals surface area contributed by atoms with E-state index in [-0.39, 0.29) is 11.7 Å². The van der Waals surface area contributed by atoms with E-state index in [2.05, 4.69) is 42.0 Å². The van der Waals surface area contributed by atoms with Crippen molar-refractivity contribution in [3.05, 3.63) is 0 Å². The van der Waals surface area contributed by atoms with Gasteiger partial charge in [-0.3, -0.25) is 9.59 Å². The van der Waals surface area contributed by atoms with Gasteiger partial charge in [0.25, 0.3) is 0 Å². The van der Waals surface area contributed by atoms with Crippen LogP contribution in [0.5, 0.6) is 0 Å². The number of halogens is 1. The summed E-state index contributed by atoms with van der Waals surface area (Å²) in [6, 6.07) is 0. The zero-order valence-corrected chi connectivity index (χ0v) is 13.4. The molecule has 1 N–H and O–H groups in total. The zero-order valence-electron chi connectivity index (χ0n) is 11.8. The average Bonchev–Trinajstić information content (AvgIpc) is 2.32. The van der Waals surface area contributed by atoms with Gasteiger partial charge in [-0.25, -0.2) is 0 Å². The van der Waals surface area contributed by atoms with Crippen LogP contribution < -0.4 is 5.32 Å². The van der Waals surface area contributed by atoms with E-state index in [0.717, 1.165) is 19.3 Å². The Hall–Kier alpha value is -0.380. The molecule has 1 atom stereocenters. The van der Waals surface area contributed by atoms with Crippen LogP contribution in [0.2, 0.25) is 0 Å². The van der Waals surface area contributed by atoms with Crippen LogP contribution in [0.4, 0.5) is 0 Å². The highest BCUT2D eigenvalue weighted by Crippen LogP contribution is 2.18. The van der Waals surface area contributed by atoms with E-state index in [1.54, 1.807) is 0 Å². The number of ketones is 1. The van der Waals surface area contributed by atoms with Gasteiger partial charge in [0.05, 0.1) is 5.33 Å². The molecule has 0 spiro atoms. The predicted octanol–water partition coefficient (Wildman–Crippen LogP) is 3.31. The molecule has 18 heavy (non-hydrogen) atoms. The predicted molar refractivity (Wildman–Crippen MR) is 78.9 cm³/mol. The molecule has 0 bridgehead atoms. The molecule has 0 aliphatic rings. The quantitative estimate of drug-likeness (QED) is 0.496. The first kappa shape index (κ1) is 17.6. The number of carbonyl (C=O) groups excluding carboxylic acids is 2. The molecule has 1 amide bonds. The Morgan fingerprint density at radius 2 is 1.94 bits per heavy atom. The highest BCUT2D eigenvalue weighted by Gasteiger charge is 2.13. The Morgan fingerprint density at radius 1 is 1.28 bits per heavy atom. The summed E-state index contributed by atoms with van der Waals surface area (Å²) in [4.78, 5) is 22.7. The highest BCUT2D eigenvalue weighted by atomic mass is 79.9. The van der Waals surface area contributed by atoms with Crippen molar-refractivity contribution in [2.24, 2.45) is 11.8 Å². The third kappa shape index (κ3) is 9.63. The van der Waals surface area contributed by atoms with E-state index >= 15 is 0 Å². The summed E-state index contributed by atoms with van der Waals surface area (Å²) in [5.41, 5.74) is 0. The van der Waals surface area contributed by atoms with Crippen LogP contribution in [0.1, 0.15) is 52.9 Å². The lowest BCUT2D eigenvalue weighted by molar-refractivity contribution is -0.122. The summed E-state index contributed by atoms with van der Waals surface area (Å²) in [6.07, 6.45) is 4.03. The molecule has 106 valence electrons. The van der Waals surface area contributed by atoms with Gasteiger partial charge in [-0.2, -0.15) is 0 Å².